The summed E-state index contributed by atoms with van der Waals surface area (Å²) in [6.45, 7) is 0. The molecule has 0 radical (unpaired) electrons. The third-order valence-electron chi connectivity index (χ3n) is 3.13. The van der Waals surface area contributed by atoms with Crippen LogP contribution in [0.4, 0.5) is 4.39 Å². The number of benzene rings is 2. The van der Waals surface area contributed by atoms with Gasteiger partial charge in [-0.3, -0.25) is 4.79 Å². The summed E-state index contributed by atoms with van der Waals surface area (Å²) < 4.78 is 13.1. The molecule has 0 atom stereocenters. The number of para-hydroxylation sites is 1. The highest BCUT2D eigenvalue weighted by Gasteiger charge is 2.14. The van der Waals surface area contributed by atoms with Crippen LogP contribution in [0.5, 0.6) is 0 Å². The third kappa shape index (κ3) is 2.78. The zero-order chi connectivity index (χ0) is 14.8. The highest BCUT2D eigenvalue weighted by molar-refractivity contribution is 8.00. The predicted octanol–water partition coefficient (Wildman–Crippen LogP) is 4.15. The number of aromatic amines is 1. The van der Waals surface area contributed by atoms with Crippen LogP contribution in [0.25, 0.3) is 22.2 Å². The van der Waals surface area contributed by atoms with E-state index in [2.05, 4.69) is 4.98 Å². The second-order valence-corrected chi connectivity index (χ2v) is 5.55. The molecule has 3 rings (SSSR count). The Labute approximate surface area is 124 Å². The molecule has 2 aromatic carbocycles. The number of nitrogens with one attached hydrogen (secondary N) is 1. The first kappa shape index (κ1) is 13.7. The number of carbonyl (C=O) groups is 1. The number of hydrogen-bond donors (Lipinski definition) is 2. The molecule has 0 aliphatic carbocycles. The number of carboxylic acids is 1. The lowest BCUT2D eigenvalue weighted by atomic mass is 10.1. The van der Waals surface area contributed by atoms with Crippen molar-refractivity contribution in [2.45, 2.75) is 4.90 Å². The fraction of sp³-hybridized carbons (Fsp3) is 0.0625. The quantitative estimate of drug-likeness (QED) is 0.712. The molecule has 1 heterocycles. The summed E-state index contributed by atoms with van der Waals surface area (Å²) in [7, 11) is 0. The van der Waals surface area contributed by atoms with E-state index >= 15 is 0 Å². The van der Waals surface area contributed by atoms with Gasteiger partial charge in [0, 0.05) is 15.8 Å². The van der Waals surface area contributed by atoms with Crippen molar-refractivity contribution >= 4 is 28.6 Å². The van der Waals surface area contributed by atoms with Crippen LogP contribution in [0.3, 0.4) is 0 Å². The second-order valence-electron chi connectivity index (χ2n) is 4.56. The van der Waals surface area contributed by atoms with Crippen LogP contribution >= 0.6 is 11.8 Å². The highest BCUT2D eigenvalue weighted by Crippen LogP contribution is 2.37. The van der Waals surface area contributed by atoms with E-state index in [0.717, 1.165) is 27.1 Å². The summed E-state index contributed by atoms with van der Waals surface area (Å²) in [5, 5.41) is 9.88. The van der Waals surface area contributed by atoms with E-state index in [1.807, 2.05) is 24.3 Å². The zero-order valence-corrected chi connectivity index (χ0v) is 11.8. The Bertz CT molecular complexity index is 796. The molecule has 0 saturated heterocycles. The van der Waals surface area contributed by atoms with Gasteiger partial charge < -0.3 is 10.1 Å². The minimum Gasteiger partial charge on any atom is -0.481 e. The Balaban J connectivity index is 2.13. The maximum Gasteiger partial charge on any atom is 0.313 e. The van der Waals surface area contributed by atoms with E-state index < -0.39 is 5.97 Å². The molecule has 1 aromatic heterocycles. The Kier molecular flexibility index (Phi) is 3.66. The molecule has 0 fully saturated rings. The summed E-state index contributed by atoms with van der Waals surface area (Å²) in [6.07, 6.45) is 0. The van der Waals surface area contributed by atoms with Gasteiger partial charge in [-0.1, -0.05) is 18.2 Å². The van der Waals surface area contributed by atoms with Gasteiger partial charge in [0.2, 0.25) is 0 Å². The summed E-state index contributed by atoms with van der Waals surface area (Å²) in [6, 6.07) is 13.9. The van der Waals surface area contributed by atoms with E-state index in [4.69, 9.17) is 5.11 Å². The Hall–Kier alpha value is -2.27. The molecule has 21 heavy (non-hydrogen) atoms. The molecule has 3 aromatic rings. The van der Waals surface area contributed by atoms with Crippen LogP contribution in [0.1, 0.15) is 0 Å². The highest BCUT2D eigenvalue weighted by atomic mass is 32.2. The fourth-order valence-electron chi connectivity index (χ4n) is 2.22. The van der Waals surface area contributed by atoms with Gasteiger partial charge in [-0.2, -0.15) is 0 Å². The van der Waals surface area contributed by atoms with Crippen molar-refractivity contribution in [2.75, 3.05) is 5.75 Å². The first-order valence-electron chi connectivity index (χ1n) is 6.36. The van der Waals surface area contributed by atoms with Gasteiger partial charge in [-0.15, -0.1) is 11.8 Å². The summed E-state index contributed by atoms with van der Waals surface area (Å²) in [5.74, 6) is -1.18. The Morgan fingerprint density at radius 2 is 1.86 bits per heavy atom. The van der Waals surface area contributed by atoms with Gasteiger partial charge in [-0.25, -0.2) is 4.39 Å². The number of aliphatic carboxylic acids is 1. The van der Waals surface area contributed by atoms with E-state index in [9.17, 15) is 9.18 Å². The molecule has 2 N–H and O–H groups in total. The minimum absolute atomic E-state index is 0.0178. The third-order valence-corrected chi connectivity index (χ3v) is 4.24. The zero-order valence-electron chi connectivity index (χ0n) is 11.0. The van der Waals surface area contributed by atoms with Crippen LogP contribution in [0.15, 0.2) is 53.4 Å². The number of hydrogen-bond acceptors (Lipinski definition) is 2. The van der Waals surface area contributed by atoms with Gasteiger partial charge in [-0.05, 0) is 35.9 Å². The van der Waals surface area contributed by atoms with Crippen molar-refractivity contribution in [3.8, 4) is 11.3 Å². The number of thioether (sulfide) groups is 1. The SMILES string of the molecule is O=C(O)CSc1c(-c2ccc(F)cc2)[nH]c2ccccc12. The van der Waals surface area contributed by atoms with Gasteiger partial charge in [0.15, 0.2) is 0 Å². The van der Waals surface area contributed by atoms with Gasteiger partial charge in [0.25, 0.3) is 0 Å². The van der Waals surface area contributed by atoms with E-state index in [1.165, 1.54) is 23.9 Å². The van der Waals surface area contributed by atoms with Gasteiger partial charge >= 0.3 is 5.97 Å². The van der Waals surface area contributed by atoms with Crippen LogP contribution < -0.4 is 0 Å². The monoisotopic (exact) mass is 301 g/mol. The van der Waals surface area contributed by atoms with Crippen molar-refractivity contribution in [1.82, 2.24) is 4.98 Å². The van der Waals surface area contributed by atoms with Crippen LogP contribution in [0, 0.1) is 5.82 Å². The van der Waals surface area contributed by atoms with Crippen molar-refractivity contribution in [2.24, 2.45) is 0 Å². The standard InChI is InChI=1S/C16H12FNO2S/c17-11-7-5-10(6-8-11)15-16(21-9-14(19)20)12-3-1-2-4-13(12)18-15/h1-8,18H,9H2,(H,19,20). The average Bonchev–Trinajstić information content (AvgIpc) is 2.84. The molecular weight excluding hydrogens is 289 g/mol. The summed E-state index contributed by atoms with van der Waals surface area (Å²) in [5.41, 5.74) is 2.59. The molecule has 0 aliphatic heterocycles. The average molecular weight is 301 g/mol. The molecule has 0 bridgehead atoms. The first-order chi connectivity index (χ1) is 10.1. The predicted molar refractivity (Wildman–Crippen MR) is 82.1 cm³/mol. The topological polar surface area (TPSA) is 53.1 Å². The number of halogens is 1. The Morgan fingerprint density at radius 1 is 1.14 bits per heavy atom. The summed E-state index contributed by atoms with van der Waals surface area (Å²) in [4.78, 5) is 15.0. The summed E-state index contributed by atoms with van der Waals surface area (Å²) >= 11 is 1.27. The van der Waals surface area contributed by atoms with Gasteiger partial charge in [0.1, 0.15) is 5.82 Å². The number of H-pyrrole nitrogens is 1. The molecule has 0 amide bonds. The van der Waals surface area contributed by atoms with E-state index in [1.54, 1.807) is 12.1 Å². The Morgan fingerprint density at radius 3 is 2.57 bits per heavy atom. The van der Waals surface area contributed by atoms with E-state index in [0.29, 0.717) is 0 Å². The van der Waals surface area contributed by atoms with Crippen LogP contribution in [-0.4, -0.2) is 21.8 Å². The largest absolute Gasteiger partial charge is 0.481 e. The lowest BCUT2D eigenvalue weighted by Crippen LogP contribution is -1.97. The lowest BCUT2D eigenvalue weighted by Gasteiger charge is -2.03. The second kappa shape index (κ2) is 5.61. The molecule has 3 nitrogen and oxygen atoms in total. The molecule has 0 spiro atoms. The van der Waals surface area contributed by atoms with Crippen molar-refractivity contribution < 1.29 is 14.3 Å². The van der Waals surface area contributed by atoms with Gasteiger partial charge in [0.05, 0.1) is 11.4 Å². The normalized spacial score (nSPS) is 10.9. The molecule has 0 aliphatic rings. The molecular formula is C16H12FNO2S. The first-order valence-corrected chi connectivity index (χ1v) is 7.35. The van der Waals surface area contributed by atoms with Crippen LogP contribution in [-0.2, 0) is 4.79 Å². The minimum atomic E-state index is -0.865. The molecule has 0 saturated carbocycles. The lowest BCUT2D eigenvalue weighted by molar-refractivity contribution is -0.133. The number of rotatable bonds is 4. The maximum atomic E-state index is 13.1. The molecule has 0 unspecified atom stereocenters. The van der Waals surface area contributed by atoms with E-state index in [-0.39, 0.29) is 11.6 Å². The van der Waals surface area contributed by atoms with Crippen molar-refractivity contribution in [3.05, 3.63) is 54.3 Å². The molecule has 5 heteroatoms. The number of carboxylic acid groups (broad SMARTS) is 1. The number of fused-ring (bicyclic) bond motifs is 1. The fourth-order valence-corrected chi connectivity index (χ4v) is 3.13. The smallest absolute Gasteiger partial charge is 0.313 e. The van der Waals surface area contributed by atoms with Crippen molar-refractivity contribution in [3.63, 3.8) is 0 Å². The van der Waals surface area contributed by atoms with Crippen LogP contribution in [0.2, 0.25) is 0 Å². The number of aromatic nitrogens is 1. The maximum absolute atomic E-state index is 13.1. The molecule has 106 valence electrons. The van der Waals surface area contributed by atoms with Crippen molar-refractivity contribution in [1.29, 1.82) is 0 Å².